The maximum Gasteiger partial charge on any atom is 0.248 e. The molecule has 2 aromatic rings. The van der Waals surface area contributed by atoms with Crippen LogP contribution in [0.1, 0.15) is 11.7 Å². The fourth-order valence-corrected chi connectivity index (χ4v) is 1.84. The molecule has 0 aliphatic carbocycles. The van der Waals surface area contributed by atoms with Gasteiger partial charge in [-0.2, -0.15) is 0 Å². The van der Waals surface area contributed by atoms with E-state index in [1.807, 2.05) is 0 Å². The van der Waals surface area contributed by atoms with E-state index in [4.69, 9.17) is 11.6 Å². The van der Waals surface area contributed by atoms with Gasteiger partial charge in [0.05, 0.1) is 12.0 Å². The first-order valence-corrected chi connectivity index (χ1v) is 5.70. The fraction of sp³-hybridized carbons (Fsp3) is 0.250. The fourth-order valence-electron chi connectivity index (χ4n) is 1.67. The third kappa shape index (κ3) is 2.49. The van der Waals surface area contributed by atoms with E-state index in [-0.39, 0.29) is 11.4 Å². The Hall–Kier alpha value is -1.36. The van der Waals surface area contributed by atoms with E-state index in [0.29, 0.717) is 10.9 Å². The molecule has 4 nitrogen and oxygen atoms in total. The molecule has 2 atom stereocenters. The summed E-state index contributed by atoms with van der Waals surface area (Å²) in [5.74, 6) is -0.0470. The summed E-state index contributed by atoms with van der Waals surface area (Å²) in [7, 11) is 0. The van der Waals surface area contributed by atoms with E-state index in [1.165, 1.54) is 6.07 Å². The van der Waals surface area contributed by atoms with Gasteiger partial charge >= 0.3 is 0 Å². The minimum atomic E-state index is -1.05. The summed E-state index contributed by atoms with van der Waals surface area (Å²) >= 11 is 5.48. The van der Waals surface area contributed by atoms with Gasteiger partial charge in [0.25, 0.3) is 0 Å². The van der Waals surface area contributed by atoms with Gasteiger partial charge in [0.1, 0.15) is 6.10 Å². The topological polar surface area (TPSA) is 73.3 Å². The summed E-state index contributed by atoms with van der Waals surface area (Å²) in [5, 5.41) is 20.8. The zero-order chi connectivity index (χ0) is 12.4. The van der Waals surface area contributed by atoms with Crippen molar-refractivity contribution in [3.63, 3.8) is 0 Å². The Morgan fingerprint density at radius 2 is 2.00 bits per heavy atom. The number of aromatic amines is 1. The number of aromatic nitrogens is 1. The Bertz CT molecular complexity index is 581. The standard InChI is InChI=1S/C12H12ClNO3/c13-5-10(15)12(17)7-1-2-8-6-14-11(16)4-9(8)3-7/h1-4,6,10,12,15,17H,5H2,(H,14,16). The van der Waals surface area contributed by atoms with Crippen molar-refractivity contribution in [2.24, 2.45) is 0 Å². The molecule has 0 fully saturated rings. The van der Waals surface area contributed by atoms with Crippen LogP contribution in [0.2, 0.25) is 0 Å². The number of hydrogen-bond acceptors (Lipinski definition) is 3. The highest BCUT2D eigenvalue weighted by Crippen LogP contribution is 2.21. The molecule has 1 aromatic heterocycles. The lowest BCUT2D eigenvalue weighted by atomic mass is 10.0. The normalized spacial score (nSPS) is 14.8. The van der Waals surface area contributed by atoms with Gasteiger partial charge in [-0.1, -0.05) is 12.1 Å². The van der Waals surface area contributed by atoms with Crippen LogP contribution in [0.3, 0.4) is 0 Å². The lowest BCUT2D eigenvalue weighted by molar-refractivity contribution is 0.0328. The largest absolute Gasteiger partial charge is 0.389 e. The molecule has 90 valence electrons. The maximum absolute atomic E-state index is 11.2. The number of nitrogens with one attached hydrogen (secondary N) is 1. The molecule has 3 N–H and O–H groups in total. The predicted molar refractivity (Wildman–Crippen MR) is 66.3 cm³/mol. The van der Waals surface area contributed by atoms with Gasteiger partial charge in [-0.05, 0) is 22.4 Å². The average molecular weight is 254 g/mol. The summed E-state index contributed by atoms with van der Waals surface area (Å²) in [6.45, 7) is 0. The van der Waals surface area contributed by atoms with Crippen LogP contribution in [0.25, 0.3) is 10.8 Å². The van der Waals surface area contributed by atoms with Crippen LogP contribution in [-0.4, -0.2) is 27.2 Å². The van der Waals surface area contributed by atoms with Crippen LogP contribution in [0, 0.1) is 0 Å². The van der Waals surface area contributed by atoms with Crippen LogP contribution in [0.15, 0.2) is 35.3 Å². The quantitative estimate of drug-likeness (QED) is 0.719. The lowest BCUT2D eigenvalue weighted by Gasteiger charge is -2.16. The summed E-state index contributed by atoms with van der Waals surface area (Å²) in [6.07, 6.45) is -0.460. The number of alkyl halides is 1. The van der Waals surface area contributed by atoms with Gasteiger partial charge in [-0.25, -0.2) is 0 Å². The van der Waals surface area contributed by atoms with Crippen molar-refractivity contribution in [2.45, 2.75) is 12.2 Å². The first kappa shape index (κ1) is 12.1. The van der Waals surface area contributed by atoms with Crippen molar-refractivity contribution in [2.75, 3.05) is 5.88 Å². The highest BCUT2D eigenvalue weighted by atomic mass is 35.5. The van der Waals surface area contributed by atoms with Gasteiger partial charge in [0.2, 0.25) is 5.56 Å². The number of hydrogen-bond donors (Lipinski definition) is 3. The van der Waals surface area contributed by atoms with Gasteiger partial charge in [0.15, 0.2) is 0 Å². The molecule has 1 aromatic carbocycles. The molecule has 5 heteroatoms. The van der Waals surface area contributed by atoms with Crippen LogP contribution < -0.4 is 5.56 Å². The van der Waals surface area contributed by atoms with Crippen LogP contribution in [0.5, 0.6) is 0 Å². The van der Waals surface area contributed by atoms with Crippen molar-refractivity contribution < 1.29 is 10.2 Å². The number of H-pyrrole nitrogens is 1. The van der Waals surface area contributed by atoms with E-state index < -0.39 is 12.2 Å². The maximum atomic E-state index is 11.2. The first-order chi connectivity index (χ1) is 8.11. The Morgan fingerprint density at radius 1 is 1.24 bits per heavy atom. The number of aliphatic hydroxyl groups is 2. The van der Waals surface area contributed by atoms with E-state index in [9.17, 15) is 15.0 Å². The van der Waals surface area contributed by atoms with Crippen molar-refractivity contribution in [1.82, 2.24) is 4.98 Å². The molecule has 0 saturated heterocycles. The molecular formula is C12H12ClNO3. The van der Waals surface area contributed by atoms with Crippen LogP contribution >= 0.6 is 11.6 Å². The van der Waals surface area contributed by atoms with Gasteiger partial charge in [-0.3, -0.25) is 4.79 Å². The highest BCUT2D eigenvalue weighted by molar-refractivity contribution is 6.18. The second kappa shape index (κ2) is 4.87. The molecular weight excluding hydrogens is 242 g/mol. The number of pyridine rings is 1. The third-order valence-corrected chi connectivity index (χ3v) is 2.95. The summed E-state index contributed by atoms with van der Waals surface area (Å²) in [5.41, 5.74) is 0.332. The number of fused-ring (bicyclic) bond motifs is 1. The second-order valence-corrected chi connectivity index (χ2v) is 4.16. The van der Waals surface area contributed by atoms with Crippen molar-refractivity contribution in [3.05, 3.63) is 46.4 Å². The second-order valence-electron chi connectivity index (χ2n) is 3.85. The summed E-state index contributed by atoms with van der Waals surface area (Å²) in [6, 6.07) is 6.58. The summed E-state index contributed by atoms with van der Waals surface area (Å²) in [4.78, 5) is 13.7. The van der Waals surface area contributed by atoms with Crippen molar-refractivity contribution in [1.29, 1.82) is 0 Å². The van der Waals surface area contributed by atoms with Crippen molar-refractivity contribution in [3.8, 4) is 0 Å². The van der Waals surface area contributed by atoms with E-state index in [1.54, 1.807) is 24.4 Å². The Labute approximate surface area is 102 Å². The minimum Gasteiger partial charge on any atom is -0.389 e. The molecule has 0 spiro atoms. The Morgan fingerprint density at radius 3 is 2.71 bits per heavy atom. The Kier molecular flexibility index (Phi) is 3.47. The van der Waals surface area contributed by atoms with E-state index >= 15 is 0 Å². The van der Waals surface area contributed by atoms with Crippen LogP contribution in [-0.2, 0) is 0 Å². The number of halogens is 1. The van der Waals surface area contributed by atoms with E-state index in [2.05, 4.69) is 4.98 Å². The third-order valence-electron chi connectivity index (χ3n) is 2.63. The monoisotopic (exact) mass is 253 g/mol. The van der Waals surface area contributed by atoms with Crippen LogP contribution in [0.4, 0.5) is 0 Å². The first-order valence-electron chi connectivity index (χ1n) is 5.16. The average Bonchev–Trinajstić information content (AvgIpc) is 2.36. The number of benzene rings is 1. The Balaban J connectivity index is 2.46. The zero-order valence-electron chi connectivity index (χ0n) is 8.93. The smallest absolute Gasteiger partial charge is 0.248 e. The van der Waals surface area contributed by atoms with Gasteiger partial charge in [0, 0.05) is 12.3 Å². The molecule has 0 aliphatic heterocycles. The minimum absolute atomic E-state index is 0.0470. The molecule has 1 heterocycles. The molecule has 0 bridgehead atoms. The molecule has 2 unspecified atom stereocenters. The SMILES string of the molecule is O=c1cc2cc(C(O)C(O)CCl)ccc2c[nH]1. The van der Waals surface area contributed by atoms with Gasteiger partial charge in [-0.15, -0.1) is 11.6 Å². The molecule has 17 heavy (non-hydrogen) atoms. The molecule has 0 radical (unpaired) electrons. The van der Waals surface area contributed by atoms with E-state index in [0.717, 1.165) is 5.39 Å². The molecule has 0 amide bonds. The number of rotatable bonds is 3. The highest BCUT2D eigenvalue weighted by Gasteiger charge is 2.17. The number of aliphatic hydroxyl groups excluding tert-OH is 2. The summed E-state index contributed by atoms with van der Waals surface area (Å²) < 4.78 is 0. The molecule has 0 saturated carbocycles. The van der Waals surface area contributed by atoms with Gasteiger partial charge < -0.3 is 15.2 Å². The lowest BCUT2D eigenvalue weighted by Crippen LogP contribution is -2.19. The zero-order valence-corrected chi connectivity index (χ0v) is 9.69. The molecule has 2 rings (SSSR count). The predicted octanol–water partition coefficient (Wildman–Crippen LogP) is 1.16. The van der Waals surface area contributed by atoms with Crippen molar-refractivity contribution >= 4 is 22.4 Å². The molecule has 0 aliphatic rings.